The molecule has 70 valence electrons. The molecule has 0 bridgehead atoms. The first-order valence-corrected chi connectivity index (χ1v) is 4.52. The predicted octanol–water partition coefficient (Wildman–Crippen LogP) is 1.27. The van der Waals surface area contributed by atoms with E-state index in [1.54, 1.807) is 0 Å². The maximum Gasteiger partial charge on any atom is 0.207 e. The van der Waals surface area contributed by atoms with Gasteiger partial charge in [0, 0.05) is 13.0 Å². The van der Waals surface area contributed by atoms with Crippen LogP contribution in [0.3, 0.4) is 0 Å². The predicted molar refractivity (Wildman–Crippen MR) is 47.8 cm³/mol. The Morgan fingerprint density at radius 1 is 0.917 bits per heavy atom. The van der Waals surface area contributed by atoms with Gasteiger partial charge in [0.1, 0.15) is 6.29 Å². The van der Waals surface area contributed by atoms with Gasteiger partial charge in [-0.3, -0.25) is 4.79 Å². The smallest absolute Gasteiger partial charge is 0.207 e. The van der Waals surface area contributed by atoms with Gasteiger partial charge in [0.25, 0.3) is 0 Å². The van der Waals surface area contributed by atoms with Crippen LogP contribution in [0.1, 0.15) is 38.5 Å². The molecule has 0 saturated heterocycles. The van der Waals surface area contributed by atoms with Crippen LogP contribution in [0.2, 0.25) is 0 Å². The number of unbranched alkanes of at least 4 members (excludes halogenated alkanes) is 5. The fraction of sp³-hybridized carbons (Fsp3) is 0.778. The minimum Gasteiger partial charge on any atom is -0.359 e. The van der Waals surface area contributed by atoms with Gasteiger partial charge in [-0.1, -0.05) is 19.3 Å². The summed E-state index contributed by atoms with van der Waals surface area (Å²) in [5.74, 6) is 0. The minimum absolute atomic E-state index is 0.687. The molecule has 0 aliphatic heterocycles. The highest BCUT2D eigenvalue weighted by Crippen LogP contribution is 2.03. The molecule has 0 atom stereocenters. The molecule has 0 unspecified atom stereocenters. The van der Waals surface area contributed by atoms with Crippen molar-refractivity contribution in [3.05, 3.63) is 0 Å². The van der Waals surface area contributed by atoms with Gasteiger partial charge in [-0.15, -0.1) is 0 Å². The van der Waals surface area contributed by atoms with E-state index >= 15 is 0 Å². The maximum absolute atomic E-state index is 9.93. The van der Waals surface area contributed by atoms with Gasteiger partial charge < -0.3 is 10.1 Å². The molecule has 0 fully saturated rings. The van der Waals surface area contributed by atoms with Crippen LogP contribution in [-0.2, 0) is 9.59 Å². The molecule has 0 radical (unpaired) electrons. The normalized spacial score (nSPS) is 9.33. The second-order valence-electron chi connectivity index (χ2n) is 2.80. The van der Waals surface area contributed by atoms with Crippen LogP contribution in [0.5, 0.6) is 0 Å². The van der Waals surface area contributed by atoms with Gasteiger partial charge in [0.15, 0.2) is 0 Å². The molecular formula is C9H17NO2. The van der Waals surface area contributed by atoms with Crippen LogP contribution in [0.25, 0.3) is 0 Å². The molecule has 0 rings (SSSR count). The van der Waals surface area contributed by atoms with E-state index in [1.807, 2.05) is 0 Å². The lowest BCUT2D eigenvalue weighted by atomic mass is 10.1. The van der Waals surface area contributed by atoms with Crippen LogP contribution in [-0.4, -0.2) is 19.2 Å². The first kappa shape index (κ1) is 11.1. The summed E-state index contributed by atoms with van der Waals surface area (Å²) in [5.41, 5.74) is 0. The van der Waals surface area contributed by atoms with E-state index in [0.717, 1.165) is 51.3 Å². The Morgan fingerprint density at radius 3 is 2.25 bits per heavy atom. The Bertz CT molecular complexity index is 101. The van der Waals surface area contributed by atoms with E-state index in [1.165, 1.54) is 0 Å². The highest BCUT2D eigenvalue weighted by molar-refractivity contribution is 5.48. The van der Waals surface area contributed by atoms with Crippen molar-refractivity contribution in [2.24, 2.45) is 0 Å². The summed E-state index contributed by atoms with van der Waals surface area (Å²) in [7, 11) is 0. The lowest BCUT2D eigenvalue weighted by Crippen LogP contribution is -2.11. The average Bonchev–Trinajstić information content (AvgIpc) is 2.10. The number of rotatable bonds is 9. The Morgan fingerprint density at radius 2 is 1.58 bits per heavy atom. The molecule has 0 saturated carbocycles. The number of carbonyl (C=O) groups is 2. The Labute approximate surface area is 73.5 Å². The van der Waals surface area contributed by atoms with Crippen LogP contribution in [0, 0.1) is 0 Å². The quantitative estimate of drug-likeness (QED) is 0.419. The summed E-state index contributed by atoms with van der Waals surface area (Å²) in [5, 5.41) is 2.61. The molecule has 0 spiro atoms. The first-order chi connectivity index (χ1) is 5.91. The summed E-state index contributed by atoms with van der Waals surface area (Å²) < 4.78 is 0. The van der Waals surface area contributed by atoms with Crippen molar-refractivity contribution >= 4 is 12.7 Å². The van der Waals surface area contributed by atoms with Gasteiger partial charge in [0.2, 0.25) is 6.41 Å². The standard InChI is InChI=1S/C9H17NO2/c11-8-6-4-2-1-3-5-7-10-9-12/h8-9H,1-7H2,(H,10,12). The third-order valence-electron chi connectivity index (χ3n) is 1.73. The largest absolute Gasteiger partial charge is 0.359 e. The van der Waals surface area contributed by atoms with Gasteiger partial charge in [-0.05, 0) is 12.8 Å². The van der Waals surface area contributed by atoms with Crippen molar-refractivity contribution in [3.8, 4) is 0 Å². The number of aldehydes is 1. The highest BCUT2D eigenvalue weighted by atomic mass is 16.1. The highest BCUT2D eigenvalue weighted by Gasteiger charge is 1.89. The summed E-state index contributed by atoms with van der Waals surface area (Å²) in [4.78, 5) is 19.8. The fourth-order valence-electron chi connectivity index (χ4n) is 1.04. The molecule has 3 nitrogen and oxygen atoms in total. The summed E-state index contributed by atoms with van der Waals surface area (Å²) >= 11 is 0. The lowest BCUT2D eigenvalue weighted by molar-refractivity contribution is -0.109. The van der Waals surface area contributed by atoms with Crippen molar-refractivity contribution in [2.45, 2.75) is 38.5 Å². The van der Waals surface area contributed by atoms with Crippen molar-refractivity contribution in [3.63, 3.8) is 0 Å². The van der Waals surface area contributed by atoms with Crippen LogP contribution >= 0.6 is 0 Å². The zero-order chi connectivity index (χ0) is 9.07. The van der Waals surface area contributed by atoms with Crippen LogP contribution in [0.4, 0.5) is 0 Å². The van der Waals surface area contributed by atoms with Gasteiger partial charge in [-0.2, -0.15) is 0 Å². The average molecular weight is 171 g/mol. The zero-order valence-corrected chi connectivity index (χ0v) is 7.42. The second-order valence-corrected chi connectivity index (χ2v) is 2.80. The molecule has 0 heterocycles. The Hall–Kier alpha value is -0.860. The monoisotopic (exact) mass is 171 g/mol. The van der Waals surface area contributed by atoms with Crippen LogP contribution < -0.4 is 5.32 Å². The first-order valence-electron chi connectivity index (χ1n) is 4.52. The Balaban J connectivity index is 2.81. The topological polar surface area (TPSA) is 46.2 Å². The number of nitrogens with one attached hydrogen (secondary N) is 1. The van der Waals surface area contributed by atoms with Gasteiger partial charge >= 0.3 is 0 Å². The molecule has 0 aromatic rings. The Kier molecular flexibility index (Phi) is 9.41. The van der Waals surface area contributed by atoms with Crippen molar-refractivity contribution in [2.75, 3.05) is 6.54 Å². The summed E-state index contributed by atoms with van der Waals surface area (Å²) in [6, 6.07) is 0. The molecule has 0 aliphatic rings. The van der Waals surface area contributed by atoms with Gasteiger partial charge in [-0.25, -0.2) is 0 Å². The SMILES string of the molecule is O=CCCCCCCCNC=O. The molecule has 0 aromatic carbocycles. The number of hydrogen-bond donors (Lipinski definition) is 1. The van der Waals surface area contributed by atoms with Crippen molar-refractivity contribution < 1.29 is 9.59 Å². The van der Waals surface area contributed by atoms with E-state index in [4.69, 9.17) is 0 Å². The van der Waals surface area contributed by atoms with E-state index < -0.39 is 0 Å². The van der Waals surface area contributed by atoms with E-state index in [-0.39, 0.29) is 0 Å². The third-order valence-corrected chi connectivity index (χ3v) is 1.73. The van der Waals surface area contributed by atoms with E-state index in [2.05, 4.69) is 5.32 Å². The molecule has 0 aromatic heterocycles. The number of hydrogen-bond acceptors (Lipinski definition) is 2. The molecule has 1 amide bonds. The van der Waals surface area contributed by atoms with Crippen LogP contribution in [0.15, 0.2) is 0 Å². The fourth-order valence-corrected chi connectivity index (χ4v) is 1.04. The third kappa shape index (κ3) is 9.14. The zero-order valence-electron chi connectivity index (χ0n) is 7.42. The van der Waals surface area contributed by atoms with Crippen molar-refractivity contribution in [1.82, 2.24) is 5.32 Å². The lowest BCUT2D eigenvalue weighted by Gasteiger charge is -1.98. The van der Waals surface area contributed by atoms with Crippen molar-refractivity contribution in [1.29, 1.82) is 0 Å². The van der Waals surface area contributed by atoms with Gasteiger partial charge in [0.05, 0.1) is 0 Å². The van der Waals surface area contributed by atoms with E-state index in [0.29, 0.717) is 6.42 Å². The molecule has 1 N–H and O–H groups in total. The van der Waals surface area contributed by atoms with E-state index in [9.17, 15) is 9.59 Å². The summed E-state index contributed by atoms with van der Waals surface area (Å²) in [6.07, 6.45) is 7.85. The molecule has 12 heavy (non-hydrogen) atoms. The molecule has 3 heteroatoms. The number of amides is 1. The summed E-state index contributed by atoms with van der Waals surface area (Å²) in [6.45, 7) is 0.775. The second kappa shape index (κ2) is 10.1. The molecular weight excluding hydrogens is 154 g/mol. The maximum atomic E-state index is 9.93. The number of carbonyl (C=O) groups excluding carboxylic acids is 2. The minimum atomic E-state index is 0.687. The molecule has 0 aliphatic carbocycles.